The molecule has 1 aliphatic carbocycles. The van der Waals surface area contributed by atoms with Gasteiger partial charge in [-0.1, -0.05) is 19.9 Å². The third-order valence-electron chi connectivity index (χ3n) is 4.72. The molecule has 0 aromatic carbocycles. The number of likely N-dealkylation sites (N-methyl/N-ethyl adjacent to an activating group) is 1. The van der Waals surface area contributed by atoms with Crippen LogP contribution in [-0.2, 0) is 9.53 Å². The topological polar surface area (TPSA) is 80.0 Å². The number of allylic oxidation sites excluding steroid dienone is 1. The molecular weight excluding hydrogens is 340 g/mol. The zero-order chi connectivity index (χ0) is 20.2. The van der Waals surface area contributed by atoms with Crippen LogP contribution in [0.3, 0.4) is 0 Å². The van der Waals surface area contributed by atoms with Crippen molar-refractivity contribution < 1.29 is 9.53 Å². The Hall–Kier alpha value is -1.66. The van der Waals surface area contributed by atoms with Crippen LogP contribution in [0.1, 0.15) is 51.9 Å². The average molecular weight is 379 g/mol. The van der Waals surface area contributed by atoms with E-state index in [0.29, 0.717) is 30.0 Å². The quantitative estimate of drug-likeness (QED) is 0.367. The first-order valence-corrected chi connectivity index (χ1v) is 10.1. The Labute approximate surface area is 164 Å². The first kappa shape index (κ1) is 23.4. The van der Waals surface area contributed by atoms with Gasteiger partial charge in [0.25, 0.3) is 5.91 Å². The van der Waals surface area contributed by atoms with Gasteiger partial charge in [0.05, 0.1) is 11.8 Å². The summed E-state index contributed by atoms with van der Waals surface area (Å²) in [5.74, 6) is 0.572. The molecule has 0 aromatic rings. The summed E-state index contributed by atoms with van der Waals surface area (Å²) in [6.45, 7) is 12.0. The summed E-state index contributed by atoms with van der Waals surface area (Å²) in [7, 11) is 3.69. The monoisotopic (exact) mass is 378 g/mol. The minimum Gasteiger partial charge on any atom is -0.377 e. The third kappa shape index (κ3) is 8.71. The summed E-state index contributed by atoms with van der Waals surface area (Å²) >= 11 is 0. The Kier molecular flexibility index (Phi) is 11.0. The predicted molar refractivity (Wildman–Crippen MR) is 113 cm³/mol. The van der Waals surface area contributed by atoms with Crippen molar-refractivity contribution in [3.05, 3.63) is 23.5 Å². The minimum atomic E-state index is -0.0865. The van der Waals surface area contributed by atoms with Gasteiger partial charge in [-0.25, -0.2) is 0 Å². The maximum atomic E-state index is 12.3. The molecule has 2 fully saturated rings. The molecule has 154 valence electrons. The number of amides is 1. The molecule has 2 aliphatic rings. The maximum absolute atomic E-state index is 12.3. The fourth-order valence-electron chi connectivity index (χ4n) is 2.93. The van der Waals surface area contributed by atoms with Crippen molar-refractivity contribution in [3.8, 4) is 0 Å². The van der Waals surface area contributed by atoms with Gasteiger partial charge in [-0.05, 0) is 56.7 Å². The Bertz CT molecular complexity index is 518. The maximum Gasteiger partial charge on any atom is 0.269 e. The molecule has 2 rings (SSSR count). The van der Waals surface area contributed by atoms with E-state index < -0.39 is 0 Å². The molecule has 1 aliphatic heterocycles. The predicted octanol–water partition coefficient (Wildman–Crippen LogP) is 2.86. The van der Waals surface area contributed by atoms with Crippen molar-refractivity contribution in [2.24, 2.45) is 16.6 Å². The number of carbonyl (C=O) groups is 1. The highest BCUT2D eigenvalue weighted by Gasteiger charge is 2.24. The highest BCUT2D eigenvalue weighted by molar-refractivity contribution is 5.94. The van der Waals surface area contributed by atoms with Gasteiger partial charge in [-0.15, -0.1) is 0 Å². The van der Waals surface area contributed by atoms with E-state index in [4.69, 9.17) is 10.5 Å². The standard InChI is InChI=1S/C15H25N3O.C6H13NO/c1-6-7-11(2)13(16-3)14(18(4)5)15(19)17-10-12-8-9-12;7-5-6-3-1-2-4-8-6/h12H,2-3,6-10H2,1,4-5H3,(H,17,19);6H,1-5,7H2/b14-13+;. The largest absolute Gasteiger partial charge is 0.377 e. The molecule has 6 heteroatoms. The SMILES string of the molecule is C=N/C(C(=C)CCC)=C(\C(=O)NCC1CC1)N(C)C.NCC1CCCCO1. The van der Waals surface area contributed by atoms with Crippen LogP contribution in [0.25, 0.3) is 0 Å². The lowest BCUT2D eigenvalue weighted by Crippen LogP contribution is -2.33. The smallest absolute Gasteiger partial charge is 0.269 e. The molecule has 3 N–H and O–H groups in total. The lowest BCUT2D eigenvalue weighted by Gasteiger charge is -2.20. The number of rotatable bonds is 9. The van der Waals surface area contributed by atoms with E-state index in [-0.39, 0.29) is 5.91 Å². The fraction of sp³-hybridized carbons (Fsp3) is 0.714. The summed E-state index contributed by atoms with van der Waals surface area (Å²) in [5.41, 5.74) is 7.40. The van der Waals surface area contributed by atoms with Crippen LogP contribution in [0.5, 0.6) is 0 Å². The van der Waals surface area contributed by atoms with E-state index in [9.17, 15) is 4.79 Å². The van der Waals surface area contributed by atoms with E-state index in [2.05, 4.69) is 30.5 Å². The van der Waals surface area contributed by atoms with E-state index in [1.165, 1.54) is 25.7 Å². The second-order valence-corrected chi connectivity index (χ2v) is 7.48. The van der Waals surface area contributed by atoms with Crippen molar-refractivity contribution in [2.75, 3.05) is 33.8 Å². The highest BCUT2D eigenvalue weighted by atomic mass is 16.5. The molecule has 1 saturated heterocycles. The number of hydrogen-bond acceptors (Lipinski definition) is 5. The molecule has 0 radical (unpaired) electrons. The van der Waals surface area contributed by atoms with Crippen molar-refractivity contribution in [2.45, 2.75) is 58.0 Å². The molecule has 1 amide bonds. The van der Waals surface area contributed by atoms with Crippen molar-refractivity contribution in [1.29, 1.82) is 0 Å². The van der Waals surface area contributed by atoms with Crippen molar-refractivity contribution in [1.82, 2.24) is 10.2 Å². The molecular formula is C21H38N4O2. The summed E-state index contributed by atoms with van der Waals surface area (Å²) < 4.78 is 5.30. The van der Waals surface area contributed by atoms with Gasteiger partial charge in [0, 0.05) is 33.8 Å². The number of nitrogens with one attached hydrogen (secondary N) is 1. The zero-order valence-corrected chi connectivity index (χ0v) is 17.4. The van der Waals surface area contributed by atoms with E-state index in [0.717, 1.165) is 38.0 Å². The summed E-state index contributed by atoms with van der Waals surface area (Å²) in [5, 5.41) is 2.97. The van der Waals surface area contributed by atoms with Crippen molar-refractivity contribution >= 4 is 12.6 Å². The first-order chi connectivity index (χ1) is 12.9. The third-order valence-corrected chi connectivity index (χ3v) is 4.72. The lowest BCUT2D eigenvalue weighted by molar-refractivity contribution is -0.118. The second kappa shape index (κ2) is 12.7. The van der Waals surface area contributed by atoms with E-state index in [1.807, 2.05) is 14.1 Å². The number of aliphatic imine (C=N–C) groups is 1. The van der Waals surface area contributed by atoms with Crippen LogP contribution in [0.15, 0.2) is 28.5 Å². The Balaban J connectivity index is 0.000000377. The van der Waals surface area contributed by atoms with Crippen LogP contribution in [-0.4, -0.2) is 57.4 Å². The van der Waals surface area contributed by atoms with Gasteiger partial charge < -0.3 is 20.7 Å². The van der Waals surface area contributed by atoms with Crippen LogP contribution >= 0.6 is 0 Å². The van der Waals surface area contributed by atoms with E-state index >= 15 is 0 Å². The van der Waals surface area contributed by atoms with Crippen LogP contribution in [0.4, 0.5) is 0 Å². The molecule has 1 heterocycles. The molecule has 6 nitrogen and oxygen atoms in total. The van der Waals surface area contributed by atoms with Gasteiger partial charge in [-0.2, -0.15) is 0 Å². The average Bonchev–Trinajstić information content (AvgIpc) is 3.49. The minimum absolute atomic E-state index is 0.0865. The normalized spacial score (nSPS) is 19.9. The molecule has 0 aromatic heterocycles. The number of ether oxygens (including phenoxy) is 1. The van der Waals surface area contributed by atoms with Gasteiger partial charge in [-0.3, -0.25) is 9.79 Å². The van der Waals surface area contributed by atoms with Crippen molar-refractivity contribution in [3.63, 3.8) is 0 Å². The highest BCUT2D eigenvalue weighted by Crippen LogP contribution is 2.28. The van der Waals surface area contributed by atoms with Gasteiger partial charge in [0.2, 0.25) is 0 Å². The molecule has 0 bridgehead atoms. The van der Waals surface area contributed by atoms with Gasteiger partial charge in [0.15, 0.2) is 0 Å². The lowest BCUT2D eigenvalue weighted by atomic mass is 10.1. The van der Waals surface area contributed by atoms with E-state index in [1.54, 1.807) is 4.90 Å². The fourth-order valence-corrected chi connectivity index (χ4v) is 2.93. The molecule has 0 spiro atoms. The second-order valence-electron chi connectivity index (χ2n) is 7.48. The number of carbonyl (C=O) groups excluding carboxylic acids is 1. The number of nitrogens with two attached hydrogens (primary N) is 1. The first-order valence-electron chi connectivity index (χ1n) is 10.1. The number of nitrogens with zero attached hydrogens (tertiary/aromatic N) is 2. The summed E-state index contributed by atoms with van der Waals surface area (Å²) in [6.07, 6.45) is 8.27. The van der Waals surface area contributed by atoms with Gasteiger partial charge >= 0.3 is 0 Å². The van der Waals surface area contributed by atoms with Crippen LogP contribution in [0, 0.1) is 5.92 Å². The molecule has 1 saturated carbocycles. The Morgan fingerprint density at radius 3 is 2.41 bits per heavy atom. The molecule has 1 unspecified atom stereocenters. The molecule has 27 heavy (non-hydrogen) atoms. The number of hydrogen-bond donors (Lipinski definition) is 2. The zero-order valence-electron chi connectivity index (χ0n) is 17.4. The summed E-state index contributed by atoms with van der Waals surface area (Å²) in [6, 6.07) is 0. The molecule has 1 atom stereocenters. The Morgan fingerprint density at radius 2 is 2.00 bits per heavy atom. The summed E-state index contributed by atoms with van der Waals surface area (Å²) in [4.78, 5) is 18.1. The van der Waals surface area contributed by atoms with Gasteiger partial charge in [0.1, 0.15) is 5.70 Å². The Morgan fingerprint density at radius 1 is 1.30 bits per heavy atom. The van der Waals surface area contributed by atoms with Crippen LogP contribution < -0.4 is 11.1 Å². The van der Waals surface area contributed by atoms with Crippen LogP contribution in [0.2, 0.25) is 0 Å².